The van der Waals surface area contributed by atoms with Gasteiger partial charge in [-0.15, -0.1) is 10.2 Å². The maximum absolute atomic E-state index is 12.9. The van der Waals surface area contributed by atoms with Crippen LogP contribution in [-0.2, 0) is 25.9 Å². The normalized spacial score (nSPS) is 17.8. The number of aryl methyl sites for hydroxylation is 2. The second kappa shape index (κ2) is 6.17. The molecule has 0 amide bonds. The van der Waals surface area contributed by atoms with Crippen molar-refractivity contribution in [2.75, 3.05) is 5.32 Å². The van der Waals surface area contributed by atoms with Gasteiger partial charge in [0.05, 0.1) is 12.5 Å². The molecule has 0 saturated heterocycles. The van der Waals surface area contributed by atoms with Gasteiger partial charge in [-0.05, 0) is 25.0 Å². The largest absolute Gasteiger partial charge is 0.393 e. The number of nitrogens with one attached hydrogen (secondary N) is 1. The van der Waals surface area contributed by atoms with Crippen molar-refractivity contribution in [2.45, 2.75) is 45.5 Å². The first kappa shape index (κ1) is 15.8. The van der Waals surface area contributed by atoms with Crippen molar-refractivity contribution in [1.29, 1.82) is 0 Å². The summed E-state index contributed by atoms with van der Waals surface area (Å²) in [6, 6.07) is 3.75. The zero-order valence-corrected chi connectivity index (χ0v) is 12.8. The zero-order chi connectivity index (χ0) is 16.4. The molecule has 1 atom stereocenters. The Morgan fingerprint density at radius 3 is 2.91 bits per heavy atom. The molecule has 2 aromatic heterocycles. The summed E-state index contributed by atoms with van der Waals surface area (Å²) in [7, 11) is 0. The van der Waals surface area contributed by atoms with E-state index in [9.17, 15) is 13.2 Å². The molecule has 0 unspecified atom stereocenters. The summed E-state index contributed by atoms with van der Waals surface area (Å²) in [5, 5.41) is 11.2. The van der Waals surface area contributed by atoms with Gasteiger partial charge in [-0.1, -0.05) is 6.92 Å². The van der Waals surface area contributed by atoms with E-state index in [2.05, 4.69) is 20.5 Å². The number of rotatable bonds is 4. The lowest BCUT2D eigenvalue weighted by Gasteiger charge is -2.26. The van der Waals surface area contributed by atoms with E-state index in [0.717, 1.165) is 17.8 Å². The molecule has 2 aromatic rings. The van der Waals surface area contributed by atoms with Crippen LogP contribution in [-0.4, -0.2) is 25.9 Å². The second-order valence-electron chi connectivity index (χ2n) is 5.66. The molecular formula is C15H18F3N5. The minimum Gasteiger partial charge on any atom is -0.378 e. The summed E-state index contributed by atoms with van der Waals surface area (Å²) in [5.74, 6) is -0.160. The van der Waals surface area contributed by atoms with Crippen LogP contribution >= 0.6 is 0 Å². The van der Waals surface area contributed by atoms with Crippen LogP contribution in [0.4, 0.5) is 18.9 Å². The van der Waals surface area contributed by atoms with Crippen molar-refractivity contribution in [2.24, 2.45) is 5.92 Å². The summed E-state index contributed by atoms with van der Waals surface area (Å²) in [5.41, 5.74) is 1.83. The average Bonchev–Trinajstić information content (AvgIpc) is 2.94. The number of alkyl halides is 3. The van der Waals surface area contributed by atoms with Gasteiger partial charge in [-0.2, -0.15) is 13.2 Å². The topological polar surface area (TPSA) is 55.6 Å². The third kappa shape index (κ3) is 3.46. The van der Waals surface area contributed by atoms with Gasteiger partial charge in [0.15, 0.2) is 5.82 Å². The molecule has 0 bridgehead atoms. The van der Waals surface area contributed by atoms with Crippen LogP contribution in [0.25, 0.3) is 0 Å². The molecule has 0 saturated carbocycles. The Balaban J connectivity index is 1.72. The number of hydrogen-bond donors (Lipinski definition) is 1. The van der Waals surface area contributed by atoms with Crippen LogP contribution in [0.15, 0.2) is 18.3 Å². The van der Waals surface area contributed by atoms with E-state index in [0.29, 0.717) is 24.6 Å². The van der Waals surface area contributed by atoms with Crippen molar-refractivity contribution in [3.8, 4) is 0 Å². The number of aromatic nitrogens is 4. The van der Waals surface area contributed by atoms with E-state index >= 15 is 0 Å². The van der Waals surface area contributed by atoms with Gasteiger partial charge >= 0.3 is 6.18 Å². The highest BCUT2D eigenvalue weighted by atomic mass is 19.4. The van der Waals surface area contributed by atoms with Crippen LogP contribution in [0.3, 0.4) is 0 Å². The predicted octanol–water partition coefficient (Wildman–Crippen LogP) is 2.97. The number of anilines is 1. The SMILES string of the molecule is CCc1cc(NCc2nnc3n2C[C@@H](C(F)(F)F)CC3)ccn1. The van der Waals surface area contributed by atoms with E-state index < -0.39 is 12.1 Å². The third-order valence-corrected chi connectivity index (χ3v) is 4.12. The van der Waals surface area contributed by atoms with Crippen molar-refractivity contribution in [3.05, 3.63) is 35.7 Å². The van der Waals surface area contributed by atoms with Gasteiger partial charge in [-0.25, -0.2) is 0 Å². The van der Waals surface area contributed by atoms with E-state index in [-0.39, 0.29) is 13.0 Å². The lowest BCUT2D eigenvalue weighted by Crippen LogP contribution is -2.33. The van der Waals surface area contributed by atoms with Gasteiger partial charge in [0, 0.05) is 30.5 Å². The predicted molar refractivity (Wildman–Crippen MR) is 78.8 cm³/mol. The highest BCUT2D eigenvalue weighted by Crippen LogP contribution is 2.34. The summed E-state index contributed by atoms with van der Waals surface area (Å²) in [6.45, 7) is 2.25. The van der Waals surface area contributed by atoms with Gasteiger partial charge in [0.25, 0.3) is 0 Å². The fourth-order valence-electron chi connectivity index (χ4n) is 2.74. The Bertz CT molecular complexity index is 680. The van der Waals surface area contributed by atoms with Gasteiger partial charge < -0.3 is 9.88 Å². The molecule has 3 rings (SSSR count). The molecular weight excluding hydrogens is 307 g/mol. The fourth-order valence-corrected chi connectivity index (χ4v) is 2.74. The Labute approximate surface area is 131 Å². The molecule has 23 heavy (non-hydrogen) atoms. The van der Waals surface area contributed by atoms with Crippen LogP contribution in [0, 0.1) is 5.92 Å². The quantitative estimate of drug-likeness (QED) is 0.939. The van der Waals surface area contributed by atoms with Crippen LogP contribution in [0.1, 0.15) is 30.7 Å². The molecule has 5 nitrogen and oxygen atoms in total. The Morgan fingerprint density at radius 1 is 1.35 bits per heavy atom. The molecule has 0 aliphatic carbocycles. The summed E-state index contributed by atoms with van der Waals surface area (Å²) in [4.78, 5) is 4.21. The fraction of sp³-hybridized carbons (Fsp3) is 0.533. The first-order chi connectivity index (χ1) is 11.0. The molecule has 0 fully saturated rings. The molecule has 0 spiro atoms. The Morgan fingerprint density at radius 2 is 2.17 bits per heavy atom. The van der Waals surface area contributed by atoms with Crippen molar-refractivity contribution in [3.63, 3.8) is 0 Å². The van der Waals surface area contributed by atoms with Crippen molar-refractivity contribution in [1.82, 2.24) is 19.7 Å². The summed E-state index contributed by atoms with van der Waals surface area (Å²) < 4.78 is 40.4. The number of halogens is 3. The lowest BCUT2D eigenvalue weighted by atomic mass is 9.99. The molecule has 1 N–H and O–H groups in total. The highest BCUT2D eigenvalue weighted by molar-refractivity contribution is 5.43. The summed E-state index contributed by atoms with van der Waals surface area (Å²) >= 11 is 0. The molecule has 3 heterocycles. The molecule has 0 radical (unpaired) electrons. The van der Waals surface area contributed by atoms with Crippen LogP contribution < -0.4 is 5.32 Å². The maximum atomic E-state index is 12.9. The average molecular weight is 325 g/mol. The van der Waals surface area contributed by atoms with E-state index in [1.807, 2.05) is 19.1 Å². The van der Waals surface area contributed by atoms with Crippen LogP contribution in [0.5, 0.6) is 0 Å². The molecule has 8 heteroatoms. The maximum Gasteiger partial charge on any atom is 0.393 e. The molecule has 1 aliphatic heterocycles. The number of fused-ring (bicyclic) bond motifs is 1. The Kier molecular flexibility index (Phi) is 4.23. The van der Waals surface area contributed by atoms with Gasteiger partial charge in [0.1, 0.15) is 5.82 Å². The molecule has 124 valence electrons. The first-order valence-electron chi connectivity index (χ1n) is 7.64. The van der Waals surface area contributed by atoms with E-state index in [4.69, 9.17) is 0 Å². The third-order valence-electron chi connectivity index (χ3n) is 4.12. The van der Waals surface area contributed by atoms with E-state index in [1.54, 1.807) is 10.8 Å². The van der Waals surface area contributed by atoms with Crippen molar-refractivity contribution < 1.29 is 13.2 Å². The minimum atomic E-state index is -4.17. The van der Waals surface area contributed by atoms with Gasteiger partial charge in [0.2, 0.25) is 0 Å². The highest BCUT2D eigenvalue weighted by Gasteiger charge is 2.42. The Hall–Kier alpha value is -2.12. The number of hydrogen-bond acceptors (Lipinski definition) is 4. The van der Waals surface area contributed by atoms with Gasteiger partial charge in [-0.3, -0.25) is 4.98 Å². The molecule has 0 aromatic carbocycles. The van der Waals surface area contributed by atoms with Crippen molar-refractivity contribution >= 4 is 5.69 Å². The minimum absolute atomic E-state index is 0.0826. The van der Waals surface area contributed by atoms with Crippen LogP contribution in [0.2, 0.25) is 0 Å². The lowest BCUT2D eigenvalue weighted by molar-refractivity contribution is -0.182. The second-order valence-corrected chi connectivity index (χ2v) is 5.66. The standard InChI is InChI=1S/C15H18F3N5/c1-2-11-7-12(5-6-19-11)20-8-14-22-21-13-4-3-10(9-23(13)14)15(16,17)18/h5-7,10H,2-4,8-9H2,1H3,(H,19,20)/t10-/m0/s1. The number of nitrogens with zero attached hydrogens (tertiary/aromatic N) is 4. The first-order valence-corrected chi connectivity index (χ1v) is 7.64. The summed E-state index contributed by atoms with van der Waals surface area (Å²) in [6.07, 6.45) is -1.25. The smallest absolute Gasteiger partial charge is 0.378 e. The monoisotopic (exact) mass is 325 g/mol. The zero-order valence-electron chi connectivity index (χ0n) is 12.8. The molecule has 1 aliphatic rings. The number of pyridine rings is 1. The van der Waals surface area contributed by atoms with E-state index in [1.165, 1.54) is 0 Å².